The number of hydrogen-bond acceptors (Lipinski definition) is 5. The number of hydrogen-bond donors (Lipinski definition) is 0. The summed E-state index contributed by atoms with van der Waals surface area (Å²) in [4.78, 5) is 19.8. The van der Waals surface area contributed by atoms with Crippen molar-refractivity contribution in [1.29, 1.82) is 0 Å². The van der Waals surface area contributed by atoms with Gasteiger partial charge in [-0.3, -0.25) is 19.9 Å². The topological polar surface area (TPSA) is 64.2 Å². The molecule has 2 aliphatic rings. The molecule has 214 valence electrons. The Kier molecular flexibility index (Phi) is 5.69. The van der Waals surface area contributed by atoms with Gasteiger partial charge < -0.3 is 4.42 Å². The first-order valence-corrected chi connectivity index (χ1v) is 15.3. The van der Waals surface area contributed by atoms with Gasteiger partial charge in [0.05, 0.1) is 28.5 Å². The number of furan rings is 1. The third kappa shape index (κ3) is 4.08. The normalized spacial score (nSPS) is 17.4. The lowest BCUT2D eigenvalue weighted by atomic mass is 9.84. The number of aliphatic imine (C=N–C) groups is 1. The summed E-state index contributed by atoms with van der Waals surface area (Å²) in [6, 6.07) is 25.5. The molecule has 0 radical (unpaired) electrons. The Labute approximate surface area is 260 Å². The van der Waals surface area contributed by atoms with Gasteiger partial charge in [-0.15, -0.1) is 0 Å². The van der Waals surface area contributed by atoms with E-state index in [4.69, 9.17) is 19.4 Å². The Morgan fingerprint density at radius 3 is 2.60 bits per heavy atom. The van der Waals surface area contributed by atoms with Crippen LogP contribution >= 0.6 is 0 Å². The molecule has 0 saturated carbocycles. The fraction of sp³-hybridized carbons (Fsp3) is 0.100. The minimum absolute atomic E-state index is 0.00402. The van der Waals surface area contributed by atoms with E-state index in [1.165, 1.54) is 5.57 Å². The maximum absolute atomic E-state index is 6.50. The van der Waals surface area contributed by atoms with Crippen LogP contribution in [-0.2, 0) is 0 Å². The molecule has 4 aromatic heterocycles. The zero-order valence-corrected chi connectivity index (χ0v) is 24.9. The van der Waals surface area contributed by atoms with E-state index in [0.29, 0.717) is 0 Å². The van der Waals surface area contributed by atoms with E-state index in [1.54, 1.807) is 0 Å². The summed E-state index contributed by atoms with van der Waals surface area (Å²) in [5.41, 5.74) is 12.1. The summed E-state index contributed by atoms with van der Waals surface area (Å²) in [5.74, 6) is 0.00402. The van der Waals surface area contributed by atoms with Crippen LogP contribution in [0.4, 0.5) is 0 Å². The summed E-state index contributed by atoms with van der Waals surface area (Å²) in [6.07, 6.45) is 16.3. The molecule has 1 aliphatic heterocycles. The van der Waals surface area contributed by atoms with Crippen molar-refractivity contribution < 1.29 is 4.42 Å². The zero-order valence-electron chi connectivity index (χ0n) is 24.9. The van der Waals surface area contributed by atoms with Crippen molar-refractivity contribution in [3.8, 4) is 22.4 Å². The largest absolute Gasteiger partial charge is 0.455 e. The predicted molar refractivity (Wildman–Crippen MR) is 184 cm³/mol. The first kappa shape index (κ1) is 25.8. The first-order valence-electron chi connectivity index (χ1n) is 15.3. The molecule has 1 aliphatic carbocycles. The average Bonchev–Trinajstić information content (AvgIpc) is 3.48. The first-order chi connectivity index (χ1) is 22.1. The van der Waals surface area contributed by atoms with Crippen LogP contribution in [0.3, 0.4) is 0 Å². The van der Waals surface area contributed by atoms with Gasteiger partial charge in [0.2, 0.25) is 0 Å². The molecule has 0 N–H and O–H groups in total. The fourth-order valence-corrected chi connectivity index (χ4v) is 6.92. The molecule has 0 bridgehead atoms. The summed E-state index contributed by atoms with van der Waals surface area (Å²) in [5, 5.41) is 4.40. The number of allylic oxidation sites excluding steroid dienone is 3. The monoisotopic (exact) mass is 580 g/mol. The lowest BCUT2D eigenvalue weighted by Crippen LogP contribution is -2.22. The number of fused-ring (bicyclic) bond motifs is 7. The molecule has 5 heterocycles. The van der Waals surface area contributed by atoms with Gasteiger partial charge in [-0.05, 0) is 67.0 Å². The van der Waals surface area contributed by atoms with E-state index in [1.807, 2.05) is 30.8 Å². The Morgan fingerprint density at radius 2 is 1.64 bits per heavy atom. The average molecular weight is 581 g/mol. The summed E-state index contributed by atoms with van der Waals surface area (Å²) in [7, 11) is 0. The van der Waals surface area contributed by atoms with Crippen molar-refractivity contribution in [3.05, 3.63) is 138 Å². The Bertz CT molecular complexity index is 2480. The number of rotatable bonds is 3. The minimum atomic E-state index is -0.00954. The molecule has 2 atom stereocenters. The summed E-state index contributed by atoms with van der Waals surface area (Å²) in [6.45, 7) is 4.23. The van der Waals surface area contributed by atoms with Crippen LogP contribution in [0.1, 0.15) is 22.7 Å². The van der Waals surface area contributed by atoms with Crippen LogP contribution in [-0.4, -0.2) is 27.2 Å². The lowest BCUT2D eigenvalue weighted by molar-refractivity contribution is 0.662. The van der Waals surface area contributed by atoms with Crippen molar-refractivity contribution in [2.45, 2.75) is 25.8 Å². The minimum Gasteiger partial charge on any atom is -0.455 e. The maximum Gasteiger partial charge on any atom is 0.139 e. The Hall–Kier alpha value is -5.68. The molecule has 9 rings (SSSR count). The van der Waals surface area contributed by atoms with E-state index >= 15 is 0 Å². The standard InChI is InChI=1S/C40H28N4O/c1-23-7-3-11-31-32-16-15-30(24(2)40(32)45-39(23)31)34-20-28(21-35(44-34)33-12-4-8-25-9-5-17-41-36(25)33)29-19-27-14-13-26-10-6-18-42-37(26)38(27)43-22-29/h3-22,33,36H,1-2H3. The molecular weight excluding hydrogens is 552 g/mol. The van der Waals surface area contributed by atoms with E-state index in [9.17, 15) is 0 Å². The van der Waals surface area contributed by atoms with Gasteiger partial charge in [-0.2, -0.15) is 0 Å². The van der Waals surface area contributed by atoms with Crippen molar-refractivity contribution in [2.24, 2.45) is 4.99 Å². The molecule has 5 heteroatoms. The molecule has 2 unspecified atom stereocenters. The summed E-state index contributed by atoms with van der Waals surface area (Å²) >= 11 is 0. The van der Waals surface area contributed by atoms with Crippen molar-refractivity contribution in [2.75, 3.05) is 0 Å². The van der Waals surface area contributed by atoms with Crippen LogP contribution < -0.4 is 0 Å². The molecule has 3 aromatic carbocycles. The number of para-hydroxylation sites is 1. The Morgan fingerprint density at radius 1 is 0.756 bits per heavy atom. The van der Waals surface area contributed by atoms with Crippen LogP contribution in [0.25, 0.3) is 66.1 Å². The number of aromatic nitrogens is 3. The van der Waals surface area contributed by atoms with Gasteiger partial charge in [0.25, 0.3) is 0 Å². The van der Waals surface area contributed by atoms with Crippen LogP contribution in [0.15, 0.2) is 131 Å². The van der Waals surface area contributed by atoms with E-state index in [0.717, 1.165) is 82.9 Å². The highest BCUT2D eigenvalue weighted by atomic mass is 16.3. The maximum atomic E-state index is 6.50. The number of dihydropyridines is 1. The predicted octanol–water partition coefficient (Wildman–Crippen LogP) is 9.62. The molecular formula is C40H28N4O. The van der Waals surface area contributed by atoms with Crippen molar-refractivity contribution in [1.82, 2.24) is 15.0 Å². The second-order valence-corrected chi connectivity index (χ2v) is 12.0. The van der Waals surface area contributed by atoms with E-state index in [2.05, 4.69) is 110 Å². The van der Waals surface area contributed by atoms with Crippen molar-refractivity contribution in [3.63, 3.8) is 0 Å². The van der Waals surface area contributed by atoms with Crippen LogP contribution in [0, 0.1) is 13.8 Å². The van der Waals surface area contributed by atoms with Crippen LogP contribution in [0.2, 0.25) is 0 Å². The summed E-state index contributed by atoms with van der Waals surface area (Å²) < 4.78 is 6.50. The Balaban J connectivity index is 1.25. The number of nitrogens with zero attached hydrogens (tertiary/aromatic N) is 4. The third-order valence-corrected chi connectivity index (χ3v) is 9.24. The molecule has 0 saturated heterocycles. The van der Waals surface area contributed by atoms with Gasteiger partial charge in [0, 0.05) is 62.8 Å². The molecule has 0 amide bonds. The third-order valence-electron chi connectivity index (χ3n) is 9.24. The second-order valence-electron chi connectivity index (χ2n) is 12.0. The highest BCUT2D eigenvalue weighted by Gasteiger charge is 2.28. The highest BCUT2D eigenvalue weighted by Crippen LogP contribution is 2.40. The smallest absolute Gasteiger partial charge is 0.139 e. The molecule has 5 nitrogen and oxygen atoms in total. The zero-order chi connectivity index (χ0) is 30.1. The van der Waals surface area contributed by atoms with E-state index in [-0.39, 0.29) is 12.0 Å². The van der Waals surface area contributed by atoms with Crippen molar-refractivity contribution >= 4 is 50.0 Å². The van der Waals surface area contributed by atoms with E-state index < -0.39 is 0 Å². The lowest BCUT2D eigenvalue weighted by Gasteiger charge is -2.27. The molecule has 7 aromatic rings. The number of aryl methyl sites for hydroxylation is 2. The van der Waals surface area contributed by atoms with Gasteiger partial charge >= 0.3 is 0 Å². The number of benzene rings is 3. The molecule has 0 spiro atoms. The molecule has 45 heavy (non-hydrogen) atoms. The van der Waals surface area contributed by atoms with Gasteiger partial charge in [-0.1, -0.05) is 66.8 Å². The van der Waals surface area contributed by atoms with Crippen LogP contribution in [0.5, 0.6) is 0 Å². The quantitative estimate of drug-likeness (QED) is 0.195. The highest BCUT2D eigenvalue weighted by molar-refractivity contribution is 6.08. The van der Waals surface area contributed by atoms with Gasteiger partial charge in [0.15, 0.2) is 0 Å². The SMILES string of the molecule is Cc1cccc2c1oc1c(C)c(-c3cc(-c4cnc5c(ccc6cccnc65)c4)cc(C4C=CC=C5C=CC=NC54)n3)ccc12. The fourth-order valence-electron chi connectivity index (χ4n) is 6.92. The second kappa shape index (κ2) is 9.93. The number of pyridine rings is 3. The van der Waals surface area contributed by atoms with Gasteiger partial charge in [-0.25, -0.2) is 0 Å². The van der Waals surface area contributed by atoms with Gasteiger partial charge in [0.1, 0.15) is 11.2 Å². The molecule has 0 fully saturated rings.